The molecule has 0 aliphatic carbocycles. The van der Waals surface area contributed by atoms with E-state index >= 15 is 0 Å². The molecule has 0 bridgehead atoms. The van der Waals surface area contributed by atoms with Crippen LogP contribution in [0.4, 0.5) is 5.82 Å². The zero-order valence-electron chi connectivity index (χ0n) is 18.1. The molecule has 0 spiro atoms. The second kappa shape index (κ2) is 13.3. The van der Waals surface area contributed by atoms with Gasteiger partial charge in [-0.1, -0.05) is 18.9 Å². The van der Waals surface area contributed by atoms with E-state index in [1.54, 1.807) is 0 Å². The smallest absolute Gasteiger partial charge is 0.193 e. The molecule has 0 amide bonds. The lowest BCUT2D eigenvalue weighted by Crippen LogP contribution is -2.39. The highest BCUT2D eigenvalue weighted by Crippen LogP contribution is 2.19. The van der Waals surface area contributed by atoms with Crippen LogP contribution in [0.3, 0.4) is 0 Å². The number of hydrogen-bond donors (Lipinski definition) is 1. The van der Waals surface area contributed by atoms with Crippen molar-refractivity contribution in [2.75, 3.05) is 51.8 Å². The van der Waals surface area contributed by atoms with Crippen LogP contribution in [0.2, 0.25) is 0 Å². The molecule has 6 nitrogen and oxygen atoms in total. The van der Waals surface area contributed by atoms with Gasteiger partial charge in [0.25, 0.3) is 0 Å². The minimum atomic E-state index is 0. The fraction of sp³-hybridized carbons (Fsp3) is 0.727. The largest absolute Gasteiger partial charge is 0.381 e. The number of guanidine groups is 1. The Morgan fingerprint density at radius 1 is 1.21 bits per heavy atom. The summed E-state index contributed by atoms with van der Waals surface area (Å²) in [5.74, 6) is 2.84. The van der Waals surface area contributed by atoms with E-state index < -0.39 is 0 Å². The average Bonchev–Trinajstić information content (AvgIpc) is 3.03. The fourth-order valence-electron chi connectivity index (χ4n) is 4.09. The molecule has 29 heavy (non-hydrogen) atoms. The minimum Gasteiger partial charge on any atom is -0.381 e. The Kier molecular flexibility index (Phi) is 11.1. The van der Waals surface area contributed by atoms with E-state index in [-0.39, 0.29) is 24.0 Å². The number of rotatable bonds is 6. The summed E-state index contributed by atoms with van der Waals surface area (Å²) in [6.07, 6.45) is 10.8. The van der Waals surface area contributed by atoms with Crippen molar-refractivity contribution in [3.63, 3.8) is 0 Å². The third-order valence-electron chi connectivity index (χ3n) is 5.98. The van der Waals surface area contributed by atoms with Crippen LogP contribution in [0, 0.1) is 5.92 Å². The van der Waals surface area contributed by atoms with Crippen molar-refractivity contribution in [3.05, 3.63) is 23.9 Å². The minimum absolute atomic E-state index is 0. The summed E-state index contributed by atoms with van der Waals surface area (Å²) in [5.41, 5.74) is 1.19. The molecule has 0 atom stereocenters. The zero-order chi connectivity index (χ0) is 19.6. The Balaban J connectivity index is 0.00000300. The van der Waals surface area contributed by atoms with E-state index in [2.05, 4.69) is 39.3 Å². The fourth-order valence-corrected chi connectivity index (χ4v) is 4.09. The number of aromatic nitrogens is 1. The van der Waals surface area contributed by atoms with Gasteiger partial charge >= 0.3 is 0 Å². The highest BCUT2D eigenvalue weighted by molar-refractivity contribution is 14.0. The van der Waals surface area contributed by atoms with Gasteiger partial charge in [-0.2, -0.15) is 0 Å². The molecule has 0 unspecified atom stereocenters. The summed E-state index contributed by atoms with van der Waals surface area (Å²) in [6, 6.07) is 4.36. The predicted octanol–water partition coefficient (Wildman–Crippen LogP) is 3.90. The topological polar surface area (TPSA) is 53.0 Å². The van der Waals surface area contributed by atoms with Crippen LogP contribution in [0.1, 0.15) is 50.5 Å². The standard InChI is InChI=1S/C22H37N5O.HI/c1-23-22(26(2)14-9-19-10-15-28-16-11-19)25-18-20-7-8-21(24-17-20)27-12-5-3-4-6-13-27;/h7-8,17,19H,3-6,9-16,18H2,1-2H3,(H,23,25);1H. The van der Waals surface area contributed by atoms with E-state index in [0.29, 0.717) is 0 Å². The Labute approximate surface area is 193 Å². The molecule has 3 rings (SSSR count). The van der Waals surface area contributed by atoms with Crippen LogP contribution in [0.25, 0.3) is 0 Å². The van der Waals surface area contributed by atoms with Crippen LogP contribution in [0.5, 0.6) is 0 Å². The Morgan fingerprint density at radius 2 is 1.93 bits per heavy atom. The predicted molar refractivity (Wildman–Crippen MR) is 131 cm³/mol. The summed E-state index contributed by atoms with van der Waals surface area (Å²) in [4.78, 5) is 13.8. The number of nitrogens with one attached hydrogen (secondary N) is 1. The van der Waals surface area contributed by atoms with Crippen molar-refractivity contribution in [3.8, 4) is 0 Å². The van der Waals surface area contributed by atoms with Crippen molar-refractivity contribution < 1.29 is 4.74 Å². The van der Waals surface area contributed by atoms with Gasteiger partial charge in [-0.05, 0) is 49.7 Å². The number of nitrogens with zero attached hydrogens (tertiary/aromatic N) is 4. The molecule has 0 radical (unpaired) electrons. The number of halogens is 1. The lowest BCUT2D eigenvalue weighted by Gasteiger charge is -2.27. The maximum Gasteiger partial charge on any atom is 0.193 e. The van der Waals surface area contributed by atoms with Gasteiger partial charge in [0.1, 0.15) is 5.82 Å². The van der Waals surface area contributed by atoms with Gasteiger partial charge in [-0.25, -0.2) is 4.98 Å². The van der Waals surface area contributed by atoms with Crippen LogP contribution in [0.15, 0.2) is 23.3 Å². The lowest BCUT2D eigenvalue weighted by molar-refractivity contribution is 0.0625. The molecular weight excluding hydrogens is 477 g/mol. The van der Waals surface area contributed by atoms with Crippen molar-refractivity contribution in [2.24, 2.45) is 10.9 Å². The van der Waals surface area contributed by atoms with Gasteiger partial charge in [-0.15, -0.1) is 24.0 Å². The number of aliphatic imine (C=N–C) groups is 1. The van der Waals surface area contributed by atoms with Gasteiger partial charge < -0.3 is 19.9 Å². The van der Waals surface area contributed by atoms with Gasteiger partial charge in [0.2, 0.25) is 0 Å². The van der Waals surface area contributed by atoms with Crippen LogP contribution >= 0.6 is 24.0 Å². The SMILES string of the molecule is CN=C(NCc1ccc(N2CCCCCC2)nc1)N(C)CCC1CCOCC1.I. The number of hydrogen-bond acceptors (Lipinski definition) is 4. The molecule has 2 fully saturated rings. The second-order valence-corrected chi connectivity index (χ2v) is 8.09. The maximum absolute atomic E-state index is 5.46. The summed E-state index contributed by atoms with van der Waals surface area (Å²) >= 11 is 0. The molecule has 7 heteroatoms. The van der Waals surface area contributed by atoms with E-state index in [9.17, 15) is 0 Å². The molecular formula is C22H38IN5O. The molecule has 2 aliphatic rings. The molecule has 164 valence electrons. The van der Waals surface area contributed by atoms with E-state index in [0.717, 1.165) is 57.1 Å². The number of ether oxygens (including phenoxy) is 1. The molecule has 0 aromatic carbocycles. The lowest BCUT2D eigenvalue weighted by atomic mass is 9.96. The first kappa shape index (κ1) is 24.2. The molecule has 0 saturated carbocycles. The van der Waals surface area contributed by atoms with Crippen molar-refractivity contribution in [2.45, 2.75) is 51.5 Å². The summed E-state index contributed by atoms with van der Waals surface area (Å²) < 4.78 is 5.46. The second-order valence-electron chi connectivity index (χ2n) is 8.09. The van der Waals surface area contributed by atoms with Gasteiger partial charge in [0.15, 0.2) is 5.96 Å². The zero-order valence-corrected chi connectivity index (χ0v) is 20.4. The normalized spacial score (nSPS) is 18.7. The Bertz CT molecular complexity index is 596. The van der Waals surface area contributed by atoms with E-state index in [4.69, 9.17) is 9.72 Å². The first-order chi connectivity index (χ1) is 13.8. The average molecular weight is 515 g/mol. The molecule has 1 N–H and O–H groups in total. The first-order valence-corrected chi connectivity index (χ1v) is 11.0. The monoisotopic (exact) mass is 515 g/mol. The van der Waals surface area contributed by atoms with Crippen molar-refractivity contribution >= 4 is 35.8 Å². The highest BCUT2D eigenvalue weighted by atomic mass is 127. The summed E-state index contributed by atoms with van der Waals surface area (Å²) in [6.45, 7) is 5.88. The number of pyridine rings is 1. The molecule has 2 aliphatic heterocycles. The Morgan fingerprint density at radius 3 is 2.55 bits per heavy atom. The molecule has 1 aromatic rings. The summed E-state index contributed by atoms with van der Waals surface area (Å²) in [5, 5.41) is 3.48. The molecule has 2 saturated heterocycles. The van der Waals surface area contributed by atoms with Crippen LogP contribution < -0.4 is 10.2 Å². The number of anilines is 1. The van der Waals surface area contributed by atoms with Gasteiger partial charge in [-0.3, -0.25) is 4.99 Å². The summed E-state index contributed by atoms with van der Waals surface area (Å²) in [7, 11) is 3.98. The van der Waals surface area contributed by atoms with Gasteiger partial charge in [0.05, 0.1) is 0 Å². The third-order valence-corrected chi connectivity index (χ3v) is 5.98. The first-order valence-electron chi connectivity index (χ1n) is 11.0. The molecule has 1 aromatic heterocycles. The van der Waals surface area contributed by atoms with Crippen LogP contribution in [-0.2, 0) is 11.3 Å². The third kappa shape index (κ3) is 7.92. The quantitative estimate of drug-likeness (QED) is 0.354. The maximum atomic E-state index is 5.46. The van der Waals surface area contributed by atoms with Crippen molar-refractivity contribution in [1.29, 1.82) is 0 Å². The van der Waals surface area contributed by atoms with Gasteiger partial charge in [0, 0.05) is 59.7 Å². The van der Waals surface area contributed by atoms with Crippen LogP contribution in [-0.4, -0.2) is 62.8 Å². The van der Waals surface area contributed by atoms with Crippen molar-refractivity contribution in [1.82, 2.24) is 15.2 Å². The molecule has 3 heterocycles. The highest BCUT2D eigenvalue weighted by Gasteiger charge is 2.15. The Hall–Kier alpha value is -1.09. The van der Waals surface area contributed by atoms with E-state index in [1.165, 1.54) is 50.5 Å². The van der Waals surface area contributed by atoms with E-state index in [1.807, 2.05) is 13.2 Å².